The van der Waals surface area contributed by atoms with Crippen molar-refractivity contribution in [3.8, 4) is 0 Å². The molecule has 2 aromatic rings. The number of piperidine rings is 3. The Balaban J connectivity index is 1.47. The first-order valence-corrected chi connectivity index (χ1v) is 7.28. The number of rotatable bonds is 3. The van der Waals surface area contributed by atoms with Gasteiger partial charge in [-0.05, 0) is 37.9 Å². The van der Waals surface area contributed by atoms with Crippen LogP contribution in [0.4, 0.5) is 0 Å². The lowest BCUT2D eigenvalue weighted by Gasteiger charge is -2.45. The molecule has 1 aromatic heterocycles. The molecule has 0 unspecified atom stereocenters. The van der Waals surface area contributed by atoms with Gasteiger partial charge in [0.15, 0.2) is 0 Å². The van der Waals surface area contributed by atoms with Crippen molar-refractivity contribution in [3.63, 3.8) is 0 Å². The highest BCUT2D eigenvalue weighted by Gasteiger charge is 2.33. The number of hydrogen-bond acceptors (Lipinski definition) is 3. The molecule has 3 aliphatic rings. The molecule has 1 aromatic carbocycles. The highest BCUT2D eigenvalue weighted by molar-refractivity contribution is 5.81. The minimum absolute atomic E-state index is 0.657. The fraction of sp³-hybridized carbons (Fsp3) is 0.533. The van der Waals surface area contributed by atoms with Gasteiger partial charge >= 0.3 is 0 Å². The molecule has 0 radical (unpaired) electrons. The van der Waals surface area contributed by atoms with Crippen LogP contribution in [-0.4, -0.2) is 40.8 Å². The van der Waals surface area contributed by atoms with Gasteiger partial charge in [-0.3, -0.25) is 5.10 Å². The molecular weight excluding hydrogens is 236 g/mol. The first-order chi connectivity index (χ1) is 9.40. The Morgan fingerprint density at radius 3 is 2.89 bits per heavy atom. The largest absolute Gasteiger partial charge is 0.307 e. The molecule has 1 atom stereocenters. The van der Waals surface area contributed by atoms with Gasteiger partial charge in [0.1, 0.15) is 0 Å². The maximum absolute atomic E-state index is 4.35. The zero-order chi connectivity index (χ0) is 12.7. The van der Waals surface area contributed by atoms with E-state index in [2.05, 4.69) is 38.6 Å². The van der Waals surface area contributed by atoms with E-state index in [1.807, 2.05) is 6.07 Å². The van der Waals surface area contributed by atoms with Crippen LogP contribution in [0.3, 0.4) is 0 Å². The lowest BCUT2D eigenvalue weighted by Crippen LogP contribution is -2.55. The van der Waals surface area contributed by atoms with Crippen LogP contribution in [0, 0.1) is 5.92 Å². The average molecular weight is 256 g/mol. The summed E-state index contributed by atoms with van der Waals surface area (Å²) in [6.45, 7) is 4.72. The molecule has 2 bridgehead atoms. The highest BCUT2D eigenvalue weighted by Crippen LogP contribution is 2.27. The lowest BCUT2D eigenvalue weighted by molar-refractivity contribution is 0.0719. The van der Waals surface area contributed by atoms with Crippen molar-refractivity contribution in [3.05, 3.63) is 30.0 Å². The third-order valence-electron chi connectivity index (χ3n) is 4.74. The number of benzene rings is 1. The molecule has 3 aliphatic heterocycles. The van der Waals surface area contributed by atoms with E-state index in [4.69, 9.17) is 0 Å². The maximum Gasteiger partial charge on any atom is 0.0924 e. The zero-order valence-electron chi connectivity index (χ0n) is 11.1. The second kappa shape index (κ2) is 4.62. The minimum Gasteiger partial charge on any atom is -0.307 e. The van der Waals surface area contributed by atoms with E-state index in [-0.39, 0.29) is 0 Å². The van der Waals surface area contributed by atoms with Crippen molar-refractivity contribution < 1.29 is 0 Å². The summed E-state index contributed by atoms with van der Waals surface area (Å²) in [5.74, 6) is 0.874. The maximum atomic E-state index is 4.35. The molecule has 100 valence electrons. The van der Waals surface area contributed by atoms with E-state index in [1.54, 1.807) is 0 Å². The van der Waals surface area contributed by atoms with Crippen molar-refractivity contribution in [2.45, 2.75) is 25.4 Å². The summed E-state index contributed by atoms with van der Waals surface area (Å²) in [6.07, 6.45) is 2.72. The van der Waals surface area contributed by atoms with E-state index in [1.165, 1.54) is 43.6 Å². The van der Waals surface area contributed by atoms with Crippen LogP contribution in [0.15, 0.2) is 24.3 Å². The van der Waals surface area contributed by atoms with Crippen molar-refractivity contribution in [1.29, 1.82) is 0 Å². The predicted molar refractivity (Wildman–Crippen MR) is 75.9 cm³/mol. The van der Waals surface area contributed by atoms with Crippen LogP contribution in [0.2, 0.25) is 0 Å². The summed E-state index contributed by atoms with van der Waals surface area (Å²) >= 11 is 0. The van der Waals surface area contributed by atoms with Crippen molar-refractivity contribution in [2.75, 3.05) is 19.6 Å². The van der Waals surface area contributed by atoms with Crippen LogP contribution in [0.5, 0.6) is 0 Å². The summed E-state index contributed by atoms with van der Waals surface area (Å²) in [4.78, 5) is 2.59. The Morgan fingerprint density at radius 2 is 2.11 bits per heavy atom. The molecule has 4 heterocycles. The Kier molecular flexibility index (Phi) is 2.78. The van der Waals surface area contributed by atoms with Gasteiger partial charge < -0.3 is 10.2 Å². The third-order valence-corrected chi connectivity index (χ3v) is 4.74. The molecule has 3 fully saturated rings. The van der Waals surface area contributed by atoms with E-state index in [0.29, 0.717) is 6.04 Å². The number of nitrogens with zero attached hydrogens (tertiary/aromatic N) is 2. The van der Waals surface area contributed by atoms with Gasteiger partial charge in [0.05, 0.1) is 11.2 Å². The van der Waals surface area contributed by atoms with Gasteiger partial charge in [-0.2, -0.15) is 5.10 Å². The Hall–Kier alpha value is -1.39. The molecular formula is C15H20N4. The molecule has 4 nitrogen and oxygen atoms in total. The number of fused-ring (bicyclic) bond motifs is 4. The lowest BCUT2D eigenvalue weighted by atomic mass is 9.84. The highest BCUT2D eigenvalue weighted by atomic mass is 15.2. The predicted octanol–water partition coefficient (Wildman–Crippen LogP) is 1.75. The minimum atomic E-state index is 0.657. The number of para-hydroxylation sites is 1. The normalized spacial score (nSPS) is 30.0. The molecule has 0 amide bonds. The fourth-order valence-electron chi connectivity index (χ4n) is 3.58. The van der Waals surface area contributed by atoms with Gasteiger partial charge in [0.25, 0.3) is 0 Å². The summed E-state index contributed by atoms with van der Waals surface area (Å²) in [6, 6.07) is 8.98. The number of nitrogens with one attached hydrogen (secondary N) is 2. The monoisotopic (exact) mass is 256 g/mol. The van der Waals surface area contributed by atoms with Gasteiger partial charge in [0.2, 0.25) is 0 Å². The summed E-state index contributed by atoms with van der Waals surface area (Å²) in [5.41, 5.74) is 2.28. The van der Waals surface area contributed by atoms with Gasteiger partial charge in [-0.1, -0.05) is 18.2 Å². The molecule has 0 spiro atoms. The Morgan fingerprint density at radius 1 is 1.26 bits per heavy atom. The number of H-pyrrole nitrogens is 1. The van der Waals surface area contributed by atoms with E-state index in [0.717, 1.165) is 18.0 Å². The van der Waals surface area contributed by atoms with Crippen molar-refractivity contribution >= 4 is 10.9 Å². The molecule has 5 rings (SSSR count). The standard InChI is InChI=1S/C15H20N4/c1-2-4-13-12(3-1)14(18-17-13)9-16-15-10-19-7-5-11(15)6-8-19/h1-4,11,15-16H,5-10H2,(H,17,18)/t15-/m1/s1. The van der Waals surface area contributed by atoms with Crippen molar-refractivity contribution in [2.24, 2.45) is 5.92 Å². The smallest absolute Gasteiger partial charge is 0.0924 e. The van der Waals surface area contributed by atoms with Gasteiger partial charge in [0, 0.05) is 24.5 Å². The quantitative estimate of drug-likeness (QED) is 0.879. The molecule has 0 saturated carbocycles. The molecule has 19 heavy (non-hydrogen) atoms. The third kappa shape index (κ3) is 2.05. The van der Waals surface area contributed by atoms with Gasteiger partial charge in [-0.15, -0.1) is 0 Å². The first kappa shape index (κ1) is 11.4. The number of aromatic amines is 1. The zero-order valence-corrected chi connectivity index (χ0v) is 11.1. The summed E-state index contributed by atoms with van der Waals surface area (Å²) < 4.78 is 0. The second-order valence-electron chi connectivity index (χ2n) is 5.84. The Labute approximate surface area is 113 Å². The first-order valence-electron chi connectivity index (χ1n) is 7.28. The van der Waals surface area contributed by atoms with Crippen LogP contribution >= 0.6 is 0 Å². The van der Waals surface area contributed by atoms with Crippen molar-refractivity contribution in [1.82, 2.24) is 20.4 Å². The van der Waals surface area contributed by atoms with Crippen LogP contribution in [-0.2, 0) is 6.54 Å². The average Bonchev–Trinajstić information content (AvgIpc) is 2.90. The van der Waals surface area contributed by atoms with Crippen LogP contribution in [0.25, 0.3) is 10.9 Å². The van der Waals surface area contributed by atoms with Gasteiger partial charge in [-0.25, -0.2) is 0 Å². The number of hydrogen-bond donors (Lipinski definition) is 2. The summed E-state index contributed by atoms with van der Waals surface area (Å²) in [5, 5.41) is 12.5. The molecule has 3 saturated heterocycles. The number of aromatic nitrogens is 2. The van der Waals surface area contributed by atoms with E-state index in [9.17, 15) is 0 Å². The van der Waals surface area contributed by atoms with Crippen LogP contribution < -0.4 is 5.32 Å². The molecule has 4 heteroatoms. The molecule has 2 N–H and O–H groups in total. The molecule has 0 aliphatic carbocycles. The fourth-order valence-corrected chi connectivity index (χ4v) is 3.58. The SMILES string of the molecule is c1ccc2c(CN[C@@H]3CN4CCC3CC4)[nH]nc2c1. The van der Waals surface area contributed by atoms with Crippen LogP contribution in [0.1, 0.15) is 18.5 Å². The topological polar surface area (TPSA) is 44.0 Å². The van der Waals surface area contributed by atoms with E-state index < -0.39 is 0 Å². The summed E-state index contributed by atoms with van der Waals surface area (Å²) in [7, 11) is 0. The second-order valence-corrected chi connectivity index (χ2v) is 5.84. The Bertz CT molecular complexity index is 568. The van der Waals surface area contributed by atoms with E-state index >= 15 is 0 Å².